The quantitative estimate of drug-likeness (QED) is 0.816. The Morgan fingerprint density at radius 2 is 2.05 bits per heavy atom. The van der Waals surface area contributed by atoms with E-state index in [1.165, 1.54) is 48.4 Å². The number of aromatic nitrogens is 1. The molecule has 0 radical (unpaired) electrons. The Kier molecular flexibility index (Phi) is 5.83. The van der Waals surface area contributed by atoms with Gasteiger partial charge < -0.3 is 5.32 Å². The number of nitrogens with one attached hydrogen (secondary N) is 1. The van der Waals surface area contributed by atoms with Crippen LogP contribution in [0.2, 0.25) is 0 Å². The summed E-state index contributed by atoms with van der Waals surface area (Å²) in [5, 5.41) is 4.97. The third-order valence-electron chi connectivity index (χ3n) is 4.50. The second kappa shape index (κ2) is 7.39. The molecule has 0 amide bonds. The molecule has 0 spiro atoms. The van der Waals surface area contributed by atoms with E-state index in [1.807, 2.05) is 11.3 Å². The van der Waals surface area contributed by atoms with Gasteiger partial charge in [-0.3, -0.25) is 0 Å². The third-order valence-corrected chi connectivity index (χ3v) is 5.50. The summed E-state index contributed by atoms with van der Waals surface area (Å²) in [6, 6.07) is 0.545. The number of hydrogen-bond donors (Lipinski definition) is 1. The molecule has 0 saturated heterocycles. The number of nitrogens with zero attached hydrogens (tertiary/aromatic N) is 1. The van der Waals surface area contributed by atoms with Gasteiger partial charge in [0.15, 0.2) is 0 Å². The zero-order chi connectivity index (χ0) is 13.7. The lowest BCUT2D eigenvalue weighted by Gasteiger charge is -2.33. The maximum absolute atomic E-state index is 4.45. The van der Waals surface area contributed by atoms with Crippen molar-refractivity contribution in [3.63, 3.8) is 0 Å². The second-order valence-corrected chi connectivity index (χ2v) is 7.17. The van der Waals surface area contributed by atoms with Crippen molar-refractivity contribution in [2.75, 3.05) is 6.54 Å². The Hall–Kier alpha value is -0.410. The molecule has 1 aromatic heterocycles. The highest BCUT2D eigenvalue weighted by Crippen LogP contribution is 2.39. The van der Waals surface area contributed by atoms with Crippen LogP contribution in [-0.2, 0) is 0 Å². The smallest absolute Gasteiger partial charge is 0.0897 e. The van der Waals surface area contributed by atoms with Gasteiger partial charge in [0.2, 0.25) is 0 Å². The average Bonchev–Trinajstić information content (AvgIpc) is 2.86. The number of rotatable bonds is 6. The monoisotopic (exact) mass is 280 g/mol. The fourth-order valence-corrected chi connectivity index (χ4v) is 4.21. The largest absolute Gasteiger partial charge is 0.309 e. The van der Waals surface area contributed by atoms with Crippen LogP contribution in [-0.4, -0.2) is 11.5 Å². The van der Waals surface area contributed by atoms with Crippen molar-refractivity contribution < 1.29 is 0 Å². The maximum Gasteiger partial charge on any atom is 0.0897 e. The first-order chi connectivity index (χ1) is 9.24. The molecule has 0 bridgehead atoms. The highest BCUT2D eigenvalue weighted by atomic mass is 32.1. The third kappa shape index (κ3) is 4.03. The summed E-state index contributed by atoms with van der Waals surface area (Å²) >= 11 is 1.87. The van der Waals surface area contributed by atoms with Crippen LogP contribution in [0.1, 0.15) is 68.3 Å². The van der Waals surface area contributed by atoms with Gasteiger partial charge in [-0.15, -0.1) is 11.3 Å². The van der Waals surface area contributed by atoms with Crippen molar-refractivity contribution in [3.8, 4) is 0 Å². The number of aryl methyl sites for hydroxylation is 1. The Bertz CT molecular complexity index is 367. The zero-order valence-corrected chi connectivity index (χ0v) is 13.4. The van der Waals surface area contributed by atoms with Gasteiger partial charge in [-0.25, -0.2) is 4.98 Å². The lowest BCUT2D eigenvalue weighted by Crippen LogP contribution is -2.31. The van der Waals surface area contributed by atoms with Gasteiger partial charge in [0, 0.05) is 17.1 Å². The summed E-state index contributed by atoms with van der Waals surface area (Å²) in [5.41, 5.74) is 0. The van der Waals surface area contributed by atoms with Crippen LogP contribution in [0.3, 0.4) is 0 Å². The molecular weight excluding hydrogens is 252 g/mol. The fraction of sp³-hybridized carbons (Fsp3) is 0.812. The molecule has 3 heteroatoms. The van der Waals surface area contributed by atoms with Gasteiger partial charge >= 0.3 is 0 Å². The molecule has 2 nitrogen and oxygen atoms in total. The van der Waals surface area contributed by atoms with Crippen molar-refractivity contribution >= 4 is 11.3 Å². The molecule has 0 aliphatic heterocycles. The summed E-state index contributed by atoms with van der Waals surface area (Å²) in [6.07, 6.45) is 10.3. The molecule has 1 fully saturated rings. The van der Waals surface area contributed by atoms with E-state index >= 15 is 0 Å². The normalized spacial score (nSPS) is 25.4. The molecule has 1 N–H and O–H groups in total. The predicted octanol–water partition coefficient (Wildman–Crippen LogP) is 4.71. The molecule has 1 aliphatic carbocycles. The van der Waals surface area contributed by atoms with E-state index in [-0.39, 0.29) is 0 Å². The lowest BCUT2D eigenvalue weighted by atomic mass is 9.77. The Morgan fingerprint density at radius 3 is 2.58 bits per heavy atom. The Balaban J connectivity index is 2.01. The zero-order valence-electron chi connectivity index (χ0n) is 12.6. The first-order valence-electron chi connectivity index (χ1n) is 7.90. The molecule has 0 aromatic carbocycles. The lowest BCUT2D eigenvalue weighted by molar-refractivity contribution is 0.220. The average molecular weight is 280 g/mol. The molecule has 108 valence electrons. The van der Waals surface area contributed by atoms with Gasteiger partial charge in [-0.05, 0) is 44.6 Å². The minimum Gasteiger partial charge on any atom is -0.309 e. The minimum atomic E-state index is 0.545. The second-order valence-electron chi connectivity index (χ2n) is 5.90. The van der Waals surface area contributed by atoms with Crippen LogP contribution < -0.4 is 5.32 Å². The molecule has 1 unspecified atom stereocenters. The van der Waals surface area contributed by atoms with Crippen LogP contribution in [0.25, 0.3) is 0 Å². The maximum atomic E-state index is 4.45. The van der Waals surface area contributed by atoms with Crippen LogP contribution in [0.5, 0.6) is 0 Å². The molecule has 1 saturated carbocycles. The van der Waals surface area contributed by atoms with Crippen molar-refractivity contribution in [2.45, 2.75) is 65.3 Å². The number of thiazole rings is 1. The van der Waals surface area contributed by atoms with Crippen molar-refractivity contribution in [1.29, 1.82) is 0 Å². The summed E-state index contributed by atoms with van der Waals surface area (Å²) in [4.78, 5) is 5.90. The molecule has 19 heavy (non-hydrogen) atoms. The summed E-state index contributed by atoms with van der Waals surface area (Å²) in [6.45, 7) is 7.81. The van der Waals surface area contributed by atoms with Crippen LogP contribution in [0.15, 0.2) is 6.20 Å². The highest BCUT2D eigenvalue weighted by molar-refractivity contribution is 7.11. The fourth-order valence-electron chi connectivity index (χ4n) is 3.25. The predicted molar refractivity (Wildman–Crippen MR) is 83.6 cm³/mol. The van der Waals surface area contributed by atoms with Gasteiger partial charge in [-0.2, -0.15) is 0 Å². The first-order valence-corrected chi connectivity index (χ1v) is 8.71. The topological polar surface area (TPSA) is 24.9 Å². The van der Waals surface area contributed by atoms with E-state index in [9.17, 15) is 0 Å². The van der Waals surface area contributed by atoms with Gasteiger partial charge in [0.25, 0.3) is 0 Å². The van der Waals surface area contributed by atoms with Gasteiger partial charge in [0.1, 0.15) is 0 Å². The van der Waals surface area contributed by atoms with E-state index in [0.717, 1.165) is 18.4 Å². The Morgan fingerprint density at radius 1 is 1.32 bits per heavy atom. The standard InChI is InChI=1S/C16H28N2S/c1-4-10-17-16(15-11-18-12(3)19-15)14-8-6-13(5-2)7-9-14/h11,13-14,16-17H,4-10H2,1-3H3. The molecule has 1 aromatic rings. The van der Waals surface area contributed by atoms with E-state index in [1.54, 1.807) is 0 Å². The Labute approximate surface area is 122 Å². The summed E-state index contributed by atoms with van der Waals surface area (Å²) in [5.74, 6) is 1.79. The van der Waals surface area contributed by atoms with E-state index < -0.39 is 0 Å². The van der Waals surface area contributed by atoms with E-state index in [0.29, 0.717) is 6.04 Å². The van der Waals surface area contributed by atoms with Gasteiger partial charge in [0.05, 0.1) is 5.01 Å². The van der Waals surface area contributed by atoms with Crippen molar-refractivity contribution in [1.82, 2.24) is 10.3 Å². The van der Waals surface area contributed by atoms with Crippen molar-refractivity contribution in [3.05, 3.63) is 16.1 Å². The van der Waals surface area contributed by atoms with E-state index in [4.69, 9.17) is 0 Å². The minimum absolute atomic E-state index is 0.545. The summed E-state index contributed by atoms with van der Waals surface area (Å²) in [7, 11) is 0. The molecule has 1 aliphatic rings. The summed E-state index contributed by atoms with van der Waals surface area (Å²) < 4.78 is 0. The number of hydrogen-bond acceptors (Lipinski definition) is 3. The molecular formula is C16H28N2S. The van der Waals surface area contributed by atoms with Crippen LogP contribution in [0, 0.1) is 18.8 Å². The van der Waals surface area contributed by atoms with E-state index in [2.05, 4.69) is 37.3 Å². The first kappa shape index (κ1) is 15.0. The highest BCUT2D eigenvalue weighted by Gasteiger charge is 2.28. The molecule has 2 rings (SSSR count). The van der Waals surface area contributed by atoms with Gasteiger partial charge in [-0.1, -0.05) is 33.1 Å². The van der Waals surface area contributed by atoms with Crippen LogP contribution >= 0.6 is 11.3 Å². The molecule has 1 heterocycles. The van der Waals surface area contributed by atoms with Crippen molar-refractivity contribution in [2.24, 2.45) is 11.8 Å². The SMILES string of the molecule is CCCNC(c1cnc(C)s1)C1CCC(CC)CC1. The van der Waals surface area contributed by atoms with Crippen LogP contribution in [0.4, 0.5) is 0 Å². The molecule has 1 atom stereocenters.